The van der Waals surface area contributed by atoms with Crippen molar-refractivity contribution in [3.63, 3.8) is 0 Å². The molecule has 1 fully saturated rings. The number of rotatable bonds is 3. The quantitative estimate of drug-likeness (QED) is 0.886. The molecule has 1 unspecified atom stereocenters. The minimum atomic E-state index is 0.513. The molecule has 0 saturated carbocycles. The van der Waals surface area contributed by atoms with E-state index < -0.39 is 0 Å². The minimum Gasteiger partial charge on any atom is -0.382 e. The predicted octanol–water partition coefficient (Wildman–Crippen LogP) is 2.01. The zero-order valence-electron chi connectivity index (χ0n) is 10.2. The molecule has 2 aromatic rings. The van der Waals surface area contributed by atoms with Crippen molar-refractivity contribution in [3.8, 4) is 0 Å². The molecule has 0 radical (unpaired) electrons. The van der Waals surface area contributed by atoms with E-state index in [1.165, 1.54) is 25.0 Å². The molecule has 3 N–H and O–H groups in total. The summed E-state index contributed by atoms with van der Waals surface area (Å²) in [7, 11) is 0. The molecule has 0 aromatic carbocycles. The third-order valence-electron chi connectivity index (χ3n) is 3.16. The van der Waals surface area contributed by atoms with Crippen molar-refractivity contribution in [3.05, 3.63) is 18.6 Å². The number of nitrogens with zero attached hydrogens (tertiary/aromatic N) is 3. The van der Waals surface area contributed by atoms with E-state index in [1.807, 2.05) is 22.4 Å². The van der Waals surface area contributed by atoms with Crippen molar-refractivity contribution in [1.82, 2.24) is 14.4 Å². The fourth-order valence-corrected chi connectivity index (χ4v) is 3.49. The first-order chi connectivity index (χ1) is 8.83. The van der Waals surface area contributed by atoms with E-state index in [-0.39, 0.29) is 0 Å². The van der Waals surface area contributed by atoms with Crippen LogP contribution in [0.3, 0.4) is 0 Å². The Hall–Kier alpha value is -1.43. The van der Waals surface area contributed by atoms with Crippen LogP contribution in [0, 0.1) is 0 Å². The zero-order chi connectivity index (χ0) is 12.4. The van der Waals surface area contributed by atoms with Gasteiger partial charge < -0.3 is 15.5 Å². The SMILES string of the molecule is Nc1cn2ccnc2c(NCC2CCCCS2)n1. The molecule has 1 aliphatic heterocycles. The second-order valence-corrected chi connectivity index (χ2v) is 5.95. The van der Waals surface area contributed by atoms with Gasteiger partial charge in [-0.1, -0.05) is 6.42 Å². The molecule has 1 saturated heterocycles. The first kappa shape index (κ1) is 11.6. The van der Waals surface area contributed by atoms with Crippen LogP contribution >= 0.6 is 11.8 Å². The highest BCUT2D eigenvalue weighted by Crippen LogP contribution is 2.25. The van der Waals surface area contributed by atoms with Gasteiger partial charge in [0.1, 0.15) is 5.82 Å². The molecule has 5 nitrogen and oxygen atoms in total. The Kier molecular flexibility index (Phi) is 3.27. The Bertz CT molecular complexity index is 532. The van der Waals surface area contributed by atoms with Crippen LogP contribution in [0.15, 0.2) is 18.6 Å². The highest BCUT2D eigenvalue weighted by Gasteiger charge is 2.14. The van der Waals surface area contributed by atoms with Crippen molar-refractivity contribution in [2.45, 2.75) is 24.5 Å². The lowest BCUT2D eigenvalue weighted by atomic mass is 10.2. The largest absolute Gasteiger partial charge is 0.382 e. The number of nitrogens with one attached hydrogen (secondary N) is 1. The van der Waals surface area contributed by atoms with Gasteiger partial charge in [0.2, 0.25) is 0 Å². The van der Waals surface area contributed by atoms with Crippen molar-refractivity contribution >= 4 is 29.0 Å². The lowest BCUT2D eigenvalue weighted by Crippen LogP contribution is -2.21. The molecule has 0 amide bonds. The van der Waals surface area contributed by atoms with Gasteiger partial charge in [0.25, 0.3) is 0 Å². The molecular formula is C12H17N5S. The summed E-state index contributed by atoms with van der Waals surface area (Å²) in [5.74, 6) is 2.57. The van der Waals surface area contributed by atoms with Crippen LogP contribution in [0.25, 0.3) is 5.65 Å². The zero-order valence-corrected chi connectivity index (χ0v) is 11.0. The van der Waals surface area contributed by atoms with Crippen LogP contribution < -0.4 is 11.1 Å². The smallest absolute Gasteiger partial charge is 0.180 e. The summed E-state index contributed by atoms with van der Waals surface area (Å²) in [5.41, 5.74) is 6.63. The van der Waals surface area contributed by atoms with Gasteiger partial charge in [-0.3, -0.25) is 0 Å². The van der Waals surface area contributed by atoms with Crippen LogP contribution in [0.5, 0.6) is 0 Å². The van der Waals surface area contributed by atoms with Gasteiger partial charge in [-0.25, -0.2) is 9.97 Å². The number of hydrogen-bond donors (Lipinski definition) is 2. The van der Waals surface area contributed by atoms with E-state index in [9.17, 15) is 0 Å². The second kappa shape index (κ2) is 5.06. The number of imidazole rings is 1. The summed E-state index contributed by atoms with van der Waals surface area (Å²) in [6.45, 7) is 0.934. The van der Waals surface area contributed by atoms with Crippen LogP contribution in [0.4, 0.5) is 11.6 Å². The third-order valence-corrected chi connectivity index (χ3v) is 4.56. The first-order valence-electron chi connectivity index (χ1n) is 6.27. The van der Waals surface area contributed by atoms with Gasteiger partial charge in [0.05, 0.1) is 6.20 Å². The molecule has 3 heterocycles. The van der Waals surface area contributed by atoms with Gasteiger partial charge >= 0.3 is 0 Å². The monoisotopic (exact) mass is 263 g/mol. The molecule has 0 spiro atoms. The lowest BCUT2D eigenvalue weighted by molar-refractivity contribution is 0.677. The van der Waals surface area contributed by atoms with E-state index in [2.05, 4.69) is 15.3 Å². The van der Waals surface area contributed by atoms with Crippen LogP contribution in [-0.2, 0) is 0 Å². The molecule has 2 aromatic heterocycles. The van der Waals surface area contributed by atoms with E-state index in [0.29, 0.717) is 11.1 Å². The molecule has 0 bridgehead atoms. The molecule has 96 valence electrons. The Balaban J connectivity index is 1.75. The molecule has 18 heavy (non-hydrogen) atoms. The maximum Gasteiger partial charge on any atom is 0.180 e. The molecule has 1 aliphatic rings. The van der Waals surface area contributed by atoms with Crippen molar-refractivity contribution in [2.24, 2.45) is 0 Å². The van der Waals surface area contributed by atoms with Crippen LogP contribution in [-0.4, -0.2) is 31.9 Å². The van der Waals surface area contributed by atoms with E-state index in [4.69, 9.17) is 5.73 Å². The summed E-state index contributed by atoms with van der Waals surface area (Å²) >= 11 is 2.05. The van der Waals surface area contributed by atoms with Gasteiger partial charge in [0.15, 0.2) is 11.5 Å². The Morgan fingerprint density at radius 3 is 3.28 bits per heavy atom. The third kappa shape index (κ3) is 2.38. The number of nitrogens with two attached hydrogens (primary N) is 1. The van der Waals surface area contributed by atoms with Gasteiger partial charge in [-0.2, -0.15) is 11.8 Å². The predicted molar refractivity (Wildman–Crippen MR) is 76.0 cm³/mol. The summed E-state index contributed by atoms with van der Waals surface area (Å²) in [5, 5.41) is 4.07. The second-order valence-electron chi connectivity index (χ2n) is 4.54. The Morgan fingerprint density at radius 2 is 2.44 bits per heavy atom. The Morgan fingerprint density at radius 1 is 1.50 bits per heavy atom. The number of anilines is 2. The van der Waals surface area contributed by atoms with E-state index in [1.54, 1.807) is 12.4 Å². The van der Waals surface area contributed by atoms with Crippen LogP contribution in [0.2, 0.25) is 0 Å². The number of aromatic nitrogens is 3. The van der Waals surface area contributed by atoms with Gasteiger partial charge in [0, 0.05) is 24.2 Å². The van der Waals surface area contributed by atoms with Gasteiger partial charge in [-0.05, 0) is 18.6 Å². The molecule has 0 aliphatic carbocycles. The maximum atomic E-state index is 5.79. The summed E-state index contributed by atoms with van der Waals surface area (Å²) in [6.07, 6.45) is 9.39. The van der Waals surface area contributed by atoms with Crippen molar-refractivity contribution in [2.75, 3.05) is 23.3 Å². The van der Waals surface area contributed by atoms with E-state index >= 15 is 0 Å². The minimum absolute atomic E-state index is 0.513. The Labute approximate surface area is 110 Å². The fraction of sp³-hybridized carbons (Fsp3) is 0.500. The highest BCUT2D eigenvalue weighted by atomic mass is 32.2. The van der Waals surface area contributed by atoms with E-state index in [0.717, 1.165) is 18.0 Å². The standard InChI is InChI=1S/C12H17N5S/c13-10-8-17-5-4-14-12(17)11(16-10)15-7-9-3-1-2-6-18-9/h4-5,8-9H,1-3,6-7,13H2,(H,15,16). The van der Waals surface area contributed by atoms with Gasteiger partial charge in [-0.15, -0.1) is 0 Å². The molecule has 1 atom stereocenters. The average Bonchev–Trinajstić information content (AvgIpc) is 2.85. The maximum absolute atomic E-state index is 5.79. The molecule has 6 heteroatoms. The summed E-state index contributed by atoms with van der Waals surface area (Å²) in [6, 6.07) is 0. The highest BCUT2D eigenvalue weighted by molar-refractivity contribution is 7.99. The number of hydrogen-bond acceptors (Lipinski definition) is 5. The number of fused-ring (bicyclic) bond motifs is 1. The number of thioether (sulfide) groups is 1. The first-order valence-corrected chi connectivity index (χ1v) is 7.32. The lowest BCUT2D eigenvalue weighted by Gasteiger charge is -2.21. The molecular weight excluding hydrogens is 246 g/mol. The van der Waals surface area contributed by atoms with Crippen molar-refractivity contribution in [1.29, 1.82) is 0 Å². The normalized spacial score (nSPS) is 20.1. The van der Waals surface area contributed by atoms with Crippen molar-refractivity contribution < 1.29 is 0 Å². The molecule has 3 rings (SSSR count). The topological polar surface area (TPSA) is 68.2 Å². The fourth-order valence-electron chi connectivity index (χ4n) is 2.25. The van der Waals surface area contributed by atoms with Crippen LogP contribution in [0.1, 0.15) is 19.3 Å². The summed E-state index contributed by atoms with van der Waals surface area (Å²) < 4.78 is 1.90. The average molecular weight is 263 g/mol. The summed E-state index contributed by atoms with van der Waals surface area (Å²) in [4.78, 5) is 8.63. The number of nitrogen functional groups attached to an aromatic ring is 1.